The zero-order valence-corrected chi connectivity index (χ0v) is 21.0. The number of unbranched alkanes of at least 4 members (excludes halogenated alkanes) is 2. The monoisotopic (exact) mass is 462 g/mol. The topological polar surface area (TPSA) is 0 Å². The molecule has 0 unspecified atom stereocenters. The molecule has 33 heavy (non-hydrogen) atoms. The summed E-state index contributed by atoms with van der Waals surface area (Å²) in [7, 11) is -0.440. The van der Waals surface area contributed by atoms with Crippen LogP contribution < -0.4 is 0 Å². The number of halogens is 2. The first-order valence-electron chi connectivity index (χ1n) is 12.8. The lowest BCUT2D eigenvalue weighted by atomic mass is 9.92. The van der Waals surface area contributed by atoms with Crippen LogP contribution in [0.1, 0.15) is 61.6 Å². The van der Waals surface area contributed by atoms with Gasteiger partial charge in [0.15, 0.2) is 11.6 Å². The van der Waals surface area contributed by atoms with Crippen LogP contribution in [0.25, 0.3) is 11.1 Å². The Balaban J connectivity index is 1.26. The van der Waals surface area contributed by atoms with E-state index in [1.807, 2.05) is 12.1 Å². The molecule has 1 fully saturated rings. The highest BCUT2D eigenvalue weighted by atomic mass is 28.3. The second kappa shape index (κ2) is 11.7. The molecule has 0 radical (unpaired) electrons. The van der Waals surface area contributed by atoms with Crippen molar-refractivity contribution in [3.05, 3.63) is 95.1 Å². The Morgan fingerprint density at radius 2 is 1.33 bits per heavy atom. The van der Waals surface area contributed by atoms with Crippen LogP contribution in [0.5, 0.6) is 0 Å². The van der Waals surface area contributed by atoms with E-state index >= 15 is 0 Å². The fourth-order valence-electron chi connectivity index (χ4n) is 5.25. The highest BCUT2D eigenvalue weighted by molar-refractivity contribution is 6.59. The predicted octanol–water partition coefficient (Wildman–Crippen LogP) is 8.71. The molecule has 0 bridgehead atoms. The lowest BCUT2D eigenvalue weighted by Crippen LogP contribution is -2.20. The Morgan fingerprint density at radius 3 is 1.94 bits per heavy atom. The Kier molecular flexibility index (Phi) is 8.50. The van der Waals surface area contributed by atoms with Crippen molar-refractivity contribution >= 4 is 8.80 Å². The lowest BCUT2D eigenvalue weighted by Gasteiger charge is -2.28. The van der Waals surface area contributed by atoms with E-state index in [-0.39, 0.29) is 0 Å². The molecular formula is C30H36F2Si. The standard InChI is InChI=1S/C30H36F2Si/c1-2-3-4-19-33-20-17-27(18-21-33)25-11-7-23(8-12-25)5-6-24-9-13-26(14-10-24)28-15-16-29(31)30(32)22-28/h7-16,22,27,33H,2-6,17-21H2,1H3. The summed E-state index contributed by atoms with van der Waals surface area (Å²) in [6.45, 7) is 2.30. The summed E-state index contributed by atoms with van der Waals surface area (Å²) in [4.78, 5) is 0. The van der Waals surface area contributed by atoms with Crippen LogP contribution in [0.2, 0.25) is 18.1 Å². The molecule has 174 valence electrons. The Hall–Kier alpha value is -2.26. The van der Waals surface area contributed by atoms with Gasteiger partial charge in [-0.05, 0) is 71.6 Å². The van der Waals surface area contributed by atoms with E-state index in [9.17, 15) is 8.78 Å². The van der Waals surface area contributed by atoms with E-state index in [4.69, 9.17) is 0 Å². The zero-order chi connectivity index (χ0) is 23.0. The summed E-state index contributed by atoms with van der Waals surface area (Å²) in [5.41, 5.74) is 5.79. The van der Waals surface area contributed by atoms with Crippen molar-refractivity contribution in [1.29, 1.82) is 0 Å². The number of benzene rings is 3. The van der Waals surface area contributed by atoms with Gasteiger partial charge in [-0.15, -0.1) is 0 Å². The maximum absolute atomic E-state index is 13.5. The van der Waals surface area contributed by atoms with Gasteiger partial charge in [0.05, 0.1) is 0 Å². The molecule has 0 aromatic heterocycles. The van der Waals surface area contributed by atoms with Gasteiger partial charge < -0.3 is 0 Å². The highest BCUT2D eigenvalue weighted by Crippen LogP contribution is 2.35. The van der Waals surface area contributed by atoms with Gasteiger partial charge in [-0.25, -0.2) is 8.78 Å². The summed E-state index contributed by atoms with van der Waals surface area (Å²) in [6.07, 6.45) is 9.05. The molecule has 4 rings (SSSR count). The minimum absolute atomic E-state index is 0.440. The van der Waals surface area contributed by atoms with Crippen molar-refractivity contribution in [2.45, 2.75) is 75.9 Å². The smallest absolute Gasteiger partial charge is 0.159 e. The van der Waals surface area contributed by atoms with Crippen molar-refractivity contribution in [2.24, 2.45) is 0 Å². The fraction of sp³-hybridized carbons (Fsp3) is 0.400. The van der Waals surface area contributed by atoms with Crippen LogP contribution in [0.15, 0.2) is 66.7 Å². The highest BCUT2D eigenvalue weighted by Gasteiger charge is 2.22. The van der Waals surface area contributed by atoms with Crippen LogP contribution in [-0.4, -0.2) is 8.80 Å². The number of rotatable bonds is 9. The Labute approximate surface area is 199 Å². The van der Waals surface area contributed by atoms with Gasteiger partial charge in [0.2, 0.25) is 0 Å². The van der Waals surface area contributed by atoms with Gasteiger partial charge in [-0.1, -0.05) is 98.9 Å². The van der Waals surface area contributed by atoms with E-state index in [2.05, 4.69) is 43.3 Å². The summed E-state index contributed by atoms with van der Waals surface area (Å²) < 4.78 is 26.7. The van der Waals surface area contributed by atoms with Crippen molar-refractivity contribution in [3.63, 3.8) is 0 Å². The summed E-state index contributed by atoms with van der Waals surface area (Å²) in [6, 6.07) is 26.2. The molecule has 3 aromatic rings. The summed E-state index contributed by atoms with van der Waals surface area (Å²) >= 11 is 0. The van der Waals surface area contributed by atoms with Crippen molar-refractivity contribution in [3.8, 4) is 11.1 Å². The van der Waals surface area contributed by atoms with Crippen molar-refractivity contribution in [1.82, 2.24) is 0 Å². The second-order valence-electron chi connectivity index (χ2n) is 9.78. The molecule has 1 heterocycles. The average Bonchev–Trinajstić information content (AvgIpc) is 2.86. The average molecular weight is 463 g/mol. The van der Waals surface area contributed by atoms with Crippen LogP contribution in [0, 0.1) is 11.6 Å². The first-order chi connectivity index (χ1) is 16.1. The predicted molar refractivity (Wildman–Crippen MR) is 139 cm³/mol. The second-order valence-corrected chi connectivity index (χ2v) is 13.2. The quantitative estimate of drug-likeness (QED) is 0.220. The van der Waals surface area contributed by atoms with Gasteiger partial charge in [0.25, 0.3) is 0 Å². The number of hydrogen-bond acceptors (Lipinski definition) is 0. The molecule has 0 aliphatic carbocycles. The van der Waals surface area contributed by atoms with Gasteiger partial charge in [-0.2, -0.15) is 0 Å². The summed E-state index contributed by atoms with van der Waals surface area (Å²) in [5, 5.41) is 0. The molecule has 0 amide bonds. The molecule has 1 saturated heterocycles. The largest absolute Gasteiger partial charge is 0.204 e. The lowest BCUT2D eigenvalue weighted by molar-refractivity contribution is 0.509. The molecule has 0 atom stereocenters. The molecule has 3 heteroatoms. The maximum Gasteiger partial charge on any atom is 0.159 e. The van der Waals surface area contributed by atoms with Crippen molar-refractivity contribution in [2.75, 3.05) is 0 Å². The first kappa shape index (κ1) is 23.9. The van der Waals surface area contributed by atoms with E-state index in [1.165, 1.54) is 73.0 Å². The van der Waals surface area contributed by atoms with Crippen molar-refractivity contribution < 1.29 is 8.78 Å². The van der Waals surface area contributed by atoms with E-state index < -0.39 is 20.4 Å². The minimum atomic E-state index is -0.807. The normalized spacial score (nSPS) is 18.4. The first-order valence-corrected chi connectivity index (χ1v) is 15.2. The molecule has 1 aliphatic rings. The van der Waals surface area contributed by atoms with E-state index in [1.54, 1.807) is 12.1 Å². The minimum Gasteiger partial charge on any atom is -0.204 e. The number of aryl methyl sites for hydroxylation is 2. The van der Waals surface area contributed by atoms with Crippen LogP contribution in [0.4, 0.5) is 8.78 Å². The molecule has 0 saturated carbocycles. The Morgan fingerprint density at radius 1 is 0.727 bits per heavy atom. The van der Waals surface area contributed by atoms with E-state index in [0.29, 0.717) is 5.56 Å². The molecule has 0 N–H and O–H groups in total. The Bertz CT molecular complexity index is 1000. The molecule has 0 spiro atoms. The van der Waals surface area contributed by atoms with Gasteiger partial charge in [0, 0.05) is 8.80 Å². The zero-order valence-electron chi connectivity index (χ0n) is 19.8. The van der Waals surface area contributed by atoms with Crippen LogP contribution >= 0.6 is 0 Å². The SMILES string of the molecule is CCCCC[SiH]1CCC(c2ccc(CCc3ccc(-c4ccc(F)c(F)c4)cc3)cc2)CC1. The van der Waals surface area contributed by atoms with Gasteiger partial charge >= 0.3 is 0 Å². The van der Waals surface area contributed by atoms with Gasteiger partial charge in [-0.3, -0.25) is 0 Å². The molecule has 0 nitrogen and oxygen atoms in total. The maximum atomic E-state index is 13.5. The fourth-order valence-corrected chi connectivity index (χ4v) is 8.73. The third-order valence-electron chi connectivity index (χ3n) is 7.42. The van der Waals surface area contributed by atoms with Gasteiger partial charge in [0.1, 0.15) is 0 Å². The van der Waals surface area contributed by atoms with Crippen LogP contribution in [0.3, 0.4) is 0 Å². The summed E-state index contributed by atoms with van der Waals surface area (Å²) in [5.74, 6) is -0.835. The third kappa shape index (κ3) is 6.63. The molecular weight excluding hydrogens is 426 g/mol. The van der Waals surface area contributed by atoms with Crippen LogP contribution in [-0.2, 0) is 12.8 Å². The van der Waals surface area contributed by atoms with E-state index in [0.717, 1.165) is 24.3 Å². The number of hydrogen-bond donors (Lipinski definition) is 0. The third-order valence-corrected chi connectivity index (χ3v) is 10.9. The molecule has 3 aromatic carbocycles. The molecule has 1 aliphatic heterocycles.